The van der Waals surface area contributed by atoms with Crippen LogP contribution in [0.15, 0.2) is 48.7 Å². The van der Waals surface area contributed by atoms with Crippen LogP contribution in [-0.4, -0.2) is 46.8 Å². The van der Waals surface area contributed by atoms with Crippen molar-refractivity contribution in [3.05, 3.63) is 60.3 Å². The molecule has 0 bridgehead atoms. The number of H-pyrrole nitrogens is 1. The molecule has 2 N–H and O–H groups in total. The minimum absolute atomic E-state index is 0.174. The number of rotatable bonds is 5. The molecule has 0 spiro atoms. The normalized spacial score (nSPS) is 16.7. The maximum Gasteiger partial charge on any atom is 0.251 e. The van der Waals surface area contributed by atoms with E-state index in [0.29, 0.717) is 41.7 Å². The largest absolute Gasteiger partial charge is 0.376 e. The lowest BCUT2D eigenvalue weighted by molar-refractivity contribution is -0.147. The zero-order chi connectivity index (χ0) is 19.3. The van der Waals surface area contributed by atoms with Crippen molar-refractivity contribution in [3.8, 4) is 22.6 Å². The molecular formula is C20H19FN4O3. The highest BCUT2D eigenvalue weighted by Crippen LogP contribution is 2.29. The fourth-order valence-corrected chi connectivity index (χ4v) is 2.97. The number of pyridine rings is 1. The van der Waals surface area contributed by atoms with Crippen LogP contribution in [0.2, 0.25) is 0 Å². The third-order valence-electron chi connectivity index (χ3n) is 4.31. The summed E-state index contributed by atoms with van der Waals surface area (Å²) in [7, 11) is 0. The first kappa shape index (κ1) is 18.3. The summed E-state index contributed by atoms with van der Waals surface area (Å²) in [6, 6.07) is 11.7. The molecule has 1 atom stereocenters. The second-order valence-electron chi connectivity index (χ2n) is 6.28. The lowest BCUT2D eigenvalue weighted by Gasteiger charge is -2.21. The Hall–Kier alpha value is -3.10. The molecule has 1 aliphatic heterocycles. The Morgan fingerprint density at radius 1 is 1.25 bits per heavy atom. The van der Waals surface area contributed by atoms with Gasteiger partial charge in [0.05, 0.1) is 43.4 Å². The SMILES string of the molecule is O=C(NCc1nc(-c2cccc(F)c2)c(-c2ccccn2)[nH]1)C1COCCO1. The summed E-state index contributed by atoms with van der Waals surface area (Å²) < 4.78 is 24.4. The van der Waals surface area contributed by atoms with E-state index in [2.05, 4.69) is 20.3 Å². The molecule has 3 heterocycles. The van der Waals surface area contributed by atoms with Crippen LogP contribution in [0.1, 0.15) is 5.82 Å². The fourth-order valence-electron chi connectivity index (χ4n) is 2.97. The van der Waals surface area contributed by atoms with Crippen LogP contribution in [0.4, 0.5) is 4.39 Å². The molecule has 1 saturated heterocycles. The summed E-state index contributed by atoms with van der Waals surface area (Å²) in [5.41, 5.74) is 2.53. The van der Waals surface area contributed by atoms with E-state index < -0.39 is 6.10 Å². The van der Waals surface area contributed by atoms with Crippen LogP contribution >= 0.6 is 0 Å². The number of carbonyl (C=O) groups excluding carboxylic acids is 1. The average molecular weight is 382 g/mol. The van der Waals surface area contributed by atoms with Crippen LogP contribution in [0.3, 0.4) is 0 Å². The molecule has 28 heavy (non-hydrogen) atoms. The van der Waals surface area contributed by atoms with Gasteiger partial charge in [0, 0.05) is 11.8 Å². The number of aromatic nitrogens is 3. The smallest absolute Gasteiger partial charge is 0.251 e. The number of ether oxygens (including phenoxy) is 2. The van der Waals surface area contributed by atoms with Gasteiger partial charge < -0.3 is 19.8 Å². The van der Waals surface area contributed by atoms with Gasteiger partial charge >= 0.3 is 0 Å². The molecule has 0 radical (unpaired) electrons. The van der Waals surface area contributed by atoms with Crippen LogP contribution in [0.25, 0.3) is 22.6 Å². The molecule has 4 rings (SSSR count). The van der Waals surface area contributed by atoms with Crippen LogP contribution in [0, 0.1) is 5.82 Å². The molecule has 1 aromatic carbocycles. The van der Waals surface area contributed by atoms with Gasteiger partial charge in [-0.1, -0.05) is 18.2 Å². The molecule has 2 aromatic heterocycles. The van der Waals surface area contributed by atoms with Crippen molar-refractivity contribution in [2.75, 3.05) is 19.8 Å². The van der Waals surface area contributed by atoms with Crippen molar-refractivity contribution in [3.63, 3.8) is 0 Å². The third kappa shape index (κ3) is 4.08. The summed E-state index contributed by atoms with van der Waals surface area (Å²) in [5, 5.41) is 2.79. The second-order valence-corrected chi connectivity index (χ2v) is 6.28. The highest BCUT2D eigenvalue weighted by Gasteiger charge is 2.23. The number of hydrogen-bond donors (Lipinski definition) is 2. The van der Waals surface area contributed by atoms with Crippen molar-refractivity contribution >= 4 is 5.91 Å². The number of carbonyl (C=O) groups is 1. The van der Waals surface area contributed by atoms with Gasteiger partial charge in [-0.3, -0.25) is 9.78 Å². The Morgan fingerprint density at radius 2 is 2.18 bits per heavy atom. The lowest BCUT2D eigenvalue weighted by Crippen LogP contribution is -2.42. The molecule has 144 valence electrons. The van der Waals surface area contributed by atoms with Gasteiger partial charge in [-0.25, -0.2) is 9.37 Å². The zero-order valence-electron chi connectivity index (χ0n) is 15.0. The molecule has 0 saturated carbocycles. The van der Waals surface area contributed by atoms with Gasteiger partial charge in [0.2, 0.25) is 0 Å². The number of benzene rings is 1. The molecular weight excluding hydrogens is 363 g/mol. The summed E-state index contributed by atoms with van der Waals surface area (Å²) in [6.07, 6.45) is 1.05. The van der Waals surface area contributed by atoms with E-state index >= 15 is 0 Å². The number of halogens is 1. The maximum atomic E-state index is 13.7. The van der Waals surface area contributed by atoms with Crippen LogP contribution in [-0.2, 0) is 20.8 Å². The lowest BCUT2D eigenvalue weighted by atomic mass is 10.1. The second kappa shape index (κ2) is 8.28. The maximum absolute atomic E-state index is 13.7. The van der Waals surface area contributed by atoms with Gasteiger partial charge in [-0.05, 0) is 24.3 Å². The monoisotopic (exact) mass is 382 g/mol. The van der Waals surface area contributed by atoms with Crippen molar-refractivity contribution in [1.82, 2.24) is 20.3 Å². The molecule has 1 unspecified atom stereocenters. The van der Waals surface area contributed by atoms with Gasteiger partial charge in [0.15, 0.2) is 6.10 Å². The number of nitrogens with zero attached hydrogens (tertiary/aromatic N) is 2. The summed E-state index contributed by atoms with van der Waals surface area (Å²) >= 11 is 0. The topological polar surface area (TPSA) is 89.1 Å². The van der Waals surface area contributed by atoms with E-state index in [1.54, 1.807) is 18.3 Å². The first-order valence-corrected chi connectivity index (χ1v) is 8.94. The third-order valence-corrected chi connectivity index (χ3v) is 4.31. The molecule has 8 heteroatoms. The molecule has 1 amide bonds. The average Bonchev–Trinajstić information content (AvgIpc) is 3.18. The Balaban J connectivity index is 1.59. The van der Waals surface area contributed by atoms with Gasteiger partial charge in [0.25, 0.3) is 5.91 Å². The predicted octanol–water partition coefficient (Wildman–Crippen LogP) is 2.31. The van der Waals surface area contributed by atoms with Gasteiger partial charge in [-0.2, -0.15) is 0 Å². The highest BCUT2D eigenvalue weighted by molar-refractivity contribution is 5.81. The number of hydrogen-bond acceptors (Lipinski definition) is 5. The Morgan fingerprint density at radius 3 is 2.93 bits per heavy atom. The zero-order valence-corrected chi connectivity index (χ0v) is 15.0. The summed E-state index contributed by atoms with van der Waals surface area (Å²) in [6.45, 7) is 1.30. The number of amides is 1. The number of imidazole rings is 1. The quantitative estimate of drug-likeness (QED) is 0.707. The van der Waals surface area contributed by atoms with Crippen molar-refractivity contribution < 1.29 is 18.7 Å². The van der Waals surface area contributed by atoms with E-state index in [-0.39, 0.29) is 24.9 Å². The summed E-state index contributed by atoms with van der Waals surface area (Å²) in [5.74, 6) is -0.0791. The Bertz CT molecular complexity index is 955. The first-order valence-electron chi connectivity index (χ1n) is 8.94. The summed E-state index contributed by atoms with van der Waals surface area (Å²) in [4.78, 5) is 24.3. The molecule has 3 aromatic rings. The predicted molar refractivity (Wildman–Crippen MR) is 99.6 cm³/mol. The van der Waals surface area contributed by atoms with Gasteiger partial charge in [0.1, 0.15) is 11.6 Å². The van der Waals surface area contributed by atoms with E-state index in [0.717, 1.165) is 0 Å². The first-order chi connectivity index (χ1) is 13.7. The van der Waals surface area contributed by atoms with Crippen molar-refractivity contribution in [1.29, 1.82) is 0 Å². The van der Waals surface area contributed by atoms with Crippen LogP contribution in [0.5, 0.6) is 0 Å². The molecule has 7 nitrogen and oxygen atoms in total. The Labute approximate surface area is 160 Å². The van der Waals surface area contributed by atoms with E-state index in [9.17, 15) is 9.18 Å². The van der Waals surface area contributed by atoms with Crippen molar-refractivity contribution in [2.45, 2.75) is 12.6 Å². The highest BCUT2D eigenvalue weighted by atomic mass is 19.1. The minimum Gasteiger partial charge on any atom is -0.376 e. The minimum atomic E-state index is -0.623. The van der Waals surface area contributed by atoms with Crippen LogP contribution < -0.4 is 5.32 Å². The number of aromatic amines is 1. The molecule has 1 aliphatic rings. The standard InChI is InChI=1S/C20H19FN4O3/c21-14-5-3-4-13(10-14)18-19(15-6-1-2-7-22-15)25-17(24-18)11-23-20(26)16-12-27-8-9-28-16/h1-7,10,16H,8-9,11-12H2,(H,23,26)(H,24,25). The molecule has 0 aliphatic carbocycles. The molecule has 1 fully saturated rings. The van der Waals surface area contributed by atoms with Gasteiger partial charge in [-0.15, -0.1) is 0 Å². The van der Waals surface area contributed by atoms with E-state index in [4.69, 9.17) is 9.47 Å². The fraction of sp³-hybridized carbons (Fsp3) is 0.250. The van der Waals surface area contributed by atoms with E-state index in [1.807, 2.05) is 18.2 Å². The van der Waals surface area contributed by atoms with Crippen molar-refractivity contribution in [2.24, 2.45) is 0 Å². The van der Waals surface area contributed by atoms with E-state index in [1.165, 1.54) is 12.1 Å². The number of nitrogens with one attached hydrogen (secondary N) is 2. The Kier molecular flexibility index (Phi) is 5.41.